The molecule has 1 amide bonds. The number of nitrogens with one attached hydrogen (secondary N) is 1. The lowest BCUT2D eigenvalue weighted by atomic mass is 10.1. The van der Waals surface area contributed by atoms with Crippen molar-refractivity contribution < 1.29 is 9.90 Å². The molecule has 1 unspecified atom stereocenters. The number of carbonyl (C=O) groups excluding carboxylic acids is 1. The summed E-state index contributed by atoms with van der Waals surface area (Å²) < 4.78 is 1.74. The first-order chi connectivity index (χ1) is 10.6. The number of carbonyl (C=O) groups is 1. The number of nitrogens with zero attached hydrogens (tertiary/aromatic N) is 3. The van der Waals surface area contributed by atoms with E-state index in [0.29, 0.717) is 16.9 Å². The molecule has 3 aromatic rings. The second kappa shape index (κ2) is 5.95. The van der Waals surface area contributed by atoms with Gasteiger partial charge in [0.15, 0.2) is 0 Å². The summed E-state index contributed by atoms with van der Waals surface area (Å²) in [6, 6.07) is 7.23. The van der Waals surface area contributed by atoms with E-state index in [0.717, 1.165) is 5.56 Å². The van der Waals surface area contributed by atoms with Gasteiger partial charge < -0.3 is 10.4 Å². The minimum Gasteiger partial charge on any atom is -0.387 e. The number of hydrogen-bond donors (Lipinski definition) is 2. The molecule has 0 radical (unpaired) electrons. The van der Waals surface area contributed by atoms with E-state index in [2.05, 4.69) is 15.3 Å². The van der Waals surface area contributed by atoms with E-state index < -0.39 is 6.10 Å². The minimum atomic E-state index is -0.770. The Balaban J connectivity index is 1.72. The smallest absolute Gasteiger partial charge is 0.270 e. The van der Waals surface area contributed by atoms with Crippen LogP contribution in [0.1, 0.15) is 27.7 Å². The Morgan fingerprint density at radius 2 is 2.09 bits per heavy atom. The number of fused-ring (bicyclic) bond motifs is 1. The van der Waals surface area contributed by atoms with Crippen LogP contribution < -0.4 is 5.32 Å². The SMILES string of the molecule is Cc1ccc2ncc(C(=O)NCC(O)c3ccncc3)n2c1. The van der Waals surface area contributed by atoms with Crippen molar-refractivity contribution >= 4 is 11.6 Å². The standard InChI is InChI=1S/C16H16N4O2/c1-11-2-3-15-18-8-13(20(15)10-11)16(22)19-9-14(21)12-4-6-17-7-5-12/h2-8,10,14,21H,9H2,1H3,(H,19,22). The summed E-state index contributed by atoms with van der Waals surface area (Å²) in [6.07, 6.45) is 5.83. The van der Waals surface area contributed by atoms with Crippen LogP contribution in [0.25, 0.3) is 5.65 Å². The lowest BCUT2D eigenvalue weighted by Crippen LogP contribution is -2.29. The third-order valence-corrected chi connectivity index (χ3v) is 3.43. The Morgan fingerprint density at radius 1 is 1.32 bits per heavy atom. The van der Waals surface area contributed by atoms with Gasteiger partial charge in [-0.2, -0.15) is 0 Å². The van der Waals surface area contributed by atoms with Crippen LogP contribution in [-0.2, 0) is 0 Å². The highest BCUT2D eigenvalue weighted by molar-refractivity contribution is 5.93. The van der Waals surface area contributed by atoms with Crippen molar-refractivity contribution in [1.29, 1.82) is 0 Å². The molecule has 0 saturated carbocycles. The Hall–Kier alpha value is -2.73. The zero-order chi connectivity index (χ0) is 15.5. The maximum Gasteiger partial charge on any atom is 0.270 e. The van der Waals surface area contributed by atoms with Gasteiger partial charge in [-0.15, -0.1) is 0 Å². The summed E-state index contributed by atoms with van der Waals surface area (Å²) in [4.78, 5) is 20.4. The molecule has 0 aliphatic heterocycles. The maximum atomic E-state index is 12.3. The van der Waals surface area contributed by atoms with Crippen molar-refractivity contribution in [2.75, 3.05) is 6.54 Å². The Bertz CT molecular complexity index is 798. The van der Waals surface area contributed by atoms with Crippen LogP contribution in [0.15, 0.2) is 49.1 Å². The molecule has 112 valence electrons. The fourth-order valence-corrected chi connectivity index (χ4v) is 2.24. The molecular weight excluding hydrogens is 280 g/mol. The van der Waals surface area contributed by atoms with E-state index >= 15 is 0 Å². The van der Waals surface area contributed by atoms with Crippen LogP contribution in [0.4, 0.5) is 0 Å². The van der Waals surface area contributed by atoms with Gasteiger partial charge >= 0.3 is 0 Å². The van der Waals surface area contributed by atoms with Gasteiger partial charge in [0.2, 0.25) is 0 Å². The summed E-state index contributed by atoms with van der Waals surface area (Å²) in [5.41, 5.74) is 2.91. The number of aromatic nitrogens is 3. The third-order valence-electron chi connectivity index (χ3n) is 3.43. The van der Waals surface area contributed by atoms with E-state index in [4.69, 9.17) is 0 Å². The van der Waals surface area contributed by atoms with Gasteiger partial charge in [-0.05, 0) is 36.2 Å². The van der Waals surface area contributed by atoms with E-state index in [1.165, 1.54) is 6.20 Å². The first kappa shape index (κ1) is 14.2. The van der Waals surface area contributed by atoms with E-state index in [1.807, 2.05) is 25.3 Å². The minimum absolute atomic E-state index is 0.127. The summed E-state index contributed by atoms with van der Waals surface area (Å²) in [5.74, 6) is -0.272. The number of aliphatic hydroxyl groups is 1. The number of pyridine rings is 2. The van der Waals surface area contributed by atoms with Crippen molar-refractivity contribution in [2.24, 2.45) is 0 Å². The normalized spacial score (nSPS) is 12.3. The van der Waals surface area contributed by atoms with E-state index in [-0.39, 0.29) is 12.5 Å². The molecule has 0 fully saturated rings. The molecular formula is C16H16N4O2. The maximum absolute atomic E-state index is 12.3. The highest BCUT2D eigenvalue weighted by atomic mass is 16.3. The molecule has 22 heavy (non-hydrogen) atoms. The fraction of sp³-hybridized carbons (Fsp3) is 0.188. The molecule has 0 bridgehead atoms. The molecule has 0 aromatic carbocycles. The van der Waals surface area contributed by atoms with Crippen LogP contribution >= 0.6 is 0 Å². The number of imidazole rings is 1. The predicted molar refractivity (Wildman–Crippen MR) is 81.5 cm³/mol. The zero-order valence-electron chi connectivity index (χ0n) is 12.1. The second-order valence-electron chi connectivity index (χ2n) is 5.08. The zero-order valence-corrected chi connectivity index (χ0v) is 12.1. The molecule has 0 saturated heterocycles. The van der Waals surface area contributed by atoms with Gasteiger partial charge in [0.1, 0.15) is 11.3 Å². The molecule has 2 N–H and O–H groups in total. The van der Waals surface area contributed by atoms with Crippen LogP contribution in [0.3, 0.4) is 0 Å². The highest BCUT2D eigenvalue weighted by Gasteiger charge is 2.14. The molecule has 0 aliphatic rings. The molecule has 3 aromatic heterocycles. The summed E-state index contributed by atoms with van der Waals surface area (Å²) in [7, 11) is 0. The first-order valence-electron chi connectivity index (χ1n) is 6.95. The first-order valence-corrected chi connectivity index (χ1v) is 6.95. The summed E-state index contributed by atoms with van der Waals surface area (Å²) in [5, 5.41) is 12.8. The average molecular weight is 296 g/mol. The van der Waals surface area contributed by atoms with Crippen molar-refractivity contribution in [3.63, 3.8) is 0 Å². The third kappa shape index (κ3) is 2.82. The quantitative estimate of drug-likeness (QED) is 0.764. The van der Waals surface area contributed by atoms with Crippen molar-refractivity contribution in [1.82, 2.24) is 19.7 Å². The highest BCUT2D eigenvalue weighted by Crippen LogP contribution is 2.11. The topological polar surface area (TPSA) is 79.5 Å². The Labute approximate surface area is 127 Å². The average Bonchev–Trinajstić information content (AvgIpc) is 2.96. The van der Waals surface area contributed by atoms with Gasteiger partial charge in [-0.1, -0.05) is 6.07 Å². The Kier molecular flexibility index (Phi) is 3.84. The van der Waals surface area contributed by atoms with Crippen LogP contribution in [0.2, 0.25) is 0 Å². The van der Waals surface area contributed by atoms with Gasteiger partial charge in [0, 0.05) is 25.1 Å². The van der Waals surface area contributed by atoms with Crippen LogP contribution in [-0.4, -0.2) is 31.9 Å². The molecule has 6 nitrogen and oxygen atoms in total. The van der Waals surface area contributed by atoms with Gasteiger partial charge in [-0.25, -0.2) is 4.98 Å². The lowest BCUT2D eigenvalue weighted by molar-refractivity contribution is 0.0910. The molecule has 1 atom stereocenters. The van der Waals surface area contributed by atoms with Gasteiger partial charge in [-0.3, -0.25) is 14.2 Å². The number of aliphatic hydroxyl groups excluding tert-OH is 1. The number of aryl methyl sites for hydroxylation is 1. The monoisotopic (exact) mass is 296 g/mol. The second-order valence-corrected chi connectivity index (χ2v) is 5.08. The van der Waals surface area contributed by atoms with E-state index in [9.17, 15) is 9.90 Å². The van der Waals surface area contributed by atoms with Crippen molar-refractivity contribution in [2.45, 2.75) is 13.0 Å². The van der Waals surface area contributed by atoms with Gasteiger partial charge in [0.25, 0.3) is 5.91 Å². The summed E-state index contributed by atoms with van der Waals surface area (Å²) in [6.45, 7) is 2.08. The number of amides is 1. The van der Waals surface area contributed by atoms with Crippen molar-refractivity contribution in [3.8, 4) is 0 Å². The van der Waals surface area contributed by atoms with Crippen LogP contribution in [0.5, 0.6) is 0 Å². The largest absolute Gasteiger partial charge is 0.387 e. The van der Waals surface area contributed by atoms with E-state index in [1.54, 1.807) is 28.9 Å². The summed E-state index contributed by atoms with van der Waals surface area (Å²) >= 11 is 0. The molecule has 0 aliphatic carbocycles. The van der Waals surface area contributed by atoms with Crippen molar-refractivity contribution in [3.05, 3.63) is 65.9 Å². The number of rotatable bonds is 4. The Morgan fingerprint density at radius 3 is 2.86 bits per heavy atom. The molecule has 6 heteroatoms. The lowest BCUT2D eigenvalue weighted by Gasteiger charge is -2.11. The van der Waals surface area contributed by atoms with Gasteiger partial charge in [0.05, 0.1) is 12.3 Å². The predicted octanol–water partition coefficient (Wildman–Crippen LogP) is 1.50. The van der Waals surface area contributed by atoms with Crippen LogP contribution in [0, 0.1) is 6.92 Å². The molecule has 0 spiro atoms. The fourth-order valence-electron chi connectivity index (χ4n) is 2.24. The molecule has 3 heterocycles. The number of hydrogen-bond acceptors (Lipinski definition) is 4. The molecule has 3 rings (SSSR count).